The van der Waals surface area contributed by atoms with Gasteiger partial charge in [-0.3, -0.25) is 4.68 Å². The molecule has 3 heterocycles. The lowest BCUT2D eigenvalue weighted by Gasteiger charge is -2.25. The number of hydrogen-bond donors (Lipinski definition) is 3. The van der Waals surface area contributed by atoms with Gasteiger partial charge in [-0.2, -0.15) is 15.2 Å². The van der Waals surface area contributed by atoms with E-state index in [1.165, 1.54) is 19.3 Å². The summed E-state index contributed by atoms with van der Waals surface area (Å²) in [6.45, 7) is 0.541. The van der Waals surface area contributed by atoms with E-state index in [0.29, 0.717) is 30.1 Å². The Labute approximate surface area is 192 Å². The highest BCUT2D eigenvalue weighted by Crippen LogP contribution is 2.38. The average Bonchev–Trinajstić information content (AvgIpc) is 3.46. The van der Waals surface area contributed by atoms with Gasteiger partial charge in [0.2, 0.25) is 5.95 Å². The number of anilines is 4. The molecular formula is C23H27N9O. The Kier molecular flexibility index (Phi) is 5.69. The lowest BCUT2D eigenvalue weighted by Crippen LogP contribution is -2.24. The minimum Gasteiger partial charge on any atom is -0.495 e. The summed E-state index contributed by atoms with van der Waals surface area (Å²) < 4.78 is 7.28. The van der Waals surface area contributed by atoms with Gasteiger partial charge in [0.1, 0.15) is 23.1 Å². The maximum absolute atomic E-state index is 9.62. The van der Waals surface area contributed by atoms with Crippen molar-refractivity contribution in [2.45, 2.75) is 44.1 Å². The van der Waals surface area contributed by atoms with Crippen LogP contribution in [0.4, 0.5) is 23.3 Å². The molecule has 10 nitrogen and oxygen atoms in total. The molecule has 1 aliphatic carbocycles. The molecule has 1 fully saturated rings. The van der Waals surface area contributed by atoms with Gasteiger partial charge in [0.15, 0.2) is 0 Å². The standard InChI is InChI=1S/C23H27N9O/c1-32-13-18(30-31-32)14-8-9-17(19(10-14)33-2)27-23-28-21-20(15(11-24)12-25-21)22(29-23)26-16-6-4-3-5-7-16/h8-10,13,15-16H,3-7,12H2,1-2H3,(H3,25,26,27,28,29). The molecule has 1 aromatic carbocycles. The van der Waals surface area contributed by atoms with Crippen LogP contribution in [0.1, 0.15) is 43.6 Å². The molecule has 1 saturated carbocycles. The van der Waals surface area contributed by atoms with Crippen molar-refractivity contribution in [3.63, 3.8) is 0 Å². The summed E-state index contributed by atoms with van der Waals surface area (Å²) in [5, 5.41) is 27.9. The Balaban J connectivity index is 1.46. The van der Waals surface area contributed by atoms with E-state index in [1.807, 2.05) is 31.4 Å². The van der Waals surface area contributed by atoms with Crippen molar-refractivity contribution in [3.8, 4) is 23.1 Å². The molecule has 1 unspecified atom stereocenters. The van der Waals surface area contributed by atoms with Crippen LogP contribution in [0, 0.1) is 11.3 Å². The van der Waals surface area contributed by atoms with Gasteiger partial charge in [-0.15, -0.1) is 5.10 Å². The quantitative estimate of drug-likeness (QED) is 0.519. The van der Waals surface area contributed by atoms with Gasteiger partial charge in [-0.25, -0.2) is 0 Å². The normalized spacial score (nSPS) is 17.7. The second-order valence-electron chi connectivity index (χ2n) is 8.52. The van der Waals surface area contributed by atoms with Crippen LogP contribution in [0.5, 0.6) is 5.75 Å². The van der Waals surface area contributed by atoms with Crippen LogP contribution >= 0.6 is 0 Å². The summed E-state index contributed by atoms with van der Waals surface area (Å²) in [7, 11) is 3.46. The number of aromatic nitrogens is 5. The van der Waals surface area contributed by atoms with Crippen molar-refractivity contribution in [2.75, 3.05) is 29.6 Å². The van der Waals surface area contributed by atoms with Crippen LogP contribution in [0.3, 0.4) is 0 Å². The molecule has 3 aromatic rings. The topological polar surface area (TPSA) is 126 Å². The molecule has 33 heavy (non-hydrogen) atoms. The number of nitrogens with zero attached hydrogens (tertiary/aromatic N) is 6. The van der Waals surface area contributed by atoms with E-state index >= 15 is 0 Å². The zero-order valence-corrected chi connectivity index (χ0v) is 18.8. The summed E-state index contributed by atoms with van der Waals surface area (Å²) >= 11 is 0. The molecule has 170 valence electrons. The van der Waals surface area contributed by atoms with Gasteiger partial charge in [-0.05, 0) is 25.0 Å². The Morgan fingerprint density at radius 1 is 1.21 bits per heavy atom. The van der Waals surface area contributed by atoms with E-state index in [0.717, 1.165) is 41.2 Å². The first-order chi connectivity index (χ1) is 16.1. The summed E-state index contributed by atoms with van der Waals surface area (Å²) in [5.74, 6) is 2.27. The van der Waals surface area contributed by atoms with Gasteiger partial charge in [0.05, 0.1) is 36.5 Å². The van der Waals surface area contributed by atoms with E-state index in [9.17, 15) is 5.26 Å². The number of ether oxygens (including phenoxy) is 1. The van der Waals surface area contributed by atoms with Gasteiger partial charge < -0.3 is 20.7 Å². The number of nitriles is 1. The second-order valence-corrected chi connectivity index (χ2v) is 8.52. The monoisotopic (exact) mass is 445 g/mol. The van der Waals surface area contributed by atoms with Crippen molar-refractivity contribution >= 4 is 23.3 Å². The lowest BCUT2D eigenvalue weighted by molar-refractivity contribution is 0.417. The molecule has 0 spiro atoms. The van der Waals surface area contributed by atoms with E-state index < -0.39 is 0 Å². The fourth-order valence-corrected chi connectivity index (χ4v) is 4.51. The molecule has 5 rings (SSSR count). The Hall–Kier alpha value is -3.87. The first-order valence-electron chi connectivity index (χ1n) is 11.3. The summed E-state index contributed by atoms with van der Waals surface area (Å²) in [6, 6.07) is 8.52. The first kappa shape index (κ1) is 21.0. The van der Waals surface area contributed by atoms with E-state index in [-0.39, 0.29) is 5.92 Å². The third-order valence-electron chi connectivity index (χ3n) is 6.22. The smallest absolute Gasteiger partial charge is 0.231 e. The maximum Gasteiger partial charge on any atom is 0.231 e. The minimum absolute atomic E-state index is 0.263. The average molecular weight is 446 g/mol. The van der Waals surface area contributed by atoms with Crippen LogP contribution in [-0.2, 0) is 7.05 Å². The maximum atomic E-state index is 9.62. The zero-order valence-electron chi connectivity index (χ0n) is 18.8. The highest BCUT2D eigenvalue weighted by atomic mass is 16.5. The van der Waals surface area contributed by atoms with Crippen LogP contribution in [-0.4, -0.2) is 44.7 Å². The number of fused-ring (bicyclic) bond motifs is 1. The Morgan fingerprint density at radius 3 is 2.79 bits per heavy atom. The third kappa shape index (κ3) is 4.26. The molecule has 10 heteroatoms. The molecule has 0 amide bonds. The highest BCUT2D eigenvalue weighted by Gasteiger charge is 2.30. The summed E-state index contributed by atoms with van der Waals surface area (Å²) in [5.41, 5.74) is 3.27. The van der Waals surface area contributed by atoms with Crippen molar-refractivity contribution < 1.29 is 4.74 Å². The SMILES string of the molecule is COc1cc(-c2cn(C)nn2)ccc1Nc1nc2c(c(NC3CCCCC3)n1)C(C#N)CN2. The van der Waals surface area contributed by atoms with E-state index in [2.05, 4.69) is 37.3 Å². The largest absolute Gasteiger partial charge is 0.495 e. The minimum atomic E-state index is -0.263. The fraction of sp³-hybridized carbons (Fsp3) is 0.435. The Bertz CT molecular complexity index is 1190. The number of nitrogens with one attached hydrogen (secondary N) is 3. The highest BCUT2D eigenvalue weighted by molar-refractivity contribution is 5.73. The third-order valence-corrected chi connectivity index (χ3v) is 6.22. The second kappa shape index (κ2) is 8.94. The van der Waals surface area contributed by atoms with Crippen LogP contribution in [0.25, 0.3) is 11.3 Å². The number of methoxy groups -OCH3 is 1. The zero-order chi connectivity index (χ0) is 22.8. The fourth-order valence-electron chi connectivity index (χ4n) is 4.51. The molecule has 3 N–H and O–H groups in total. The van der Waals surface area contributed by atoms with Crippen molar-refractivity contribution in [1.29, 1.82) is 5.26 Å². The number of aryl methyl sites for hydroxylation is 1. The lowest BCUT2D eigenvalue weighted by atomic mass is 9.95. The van der Waals surface area contributed by atoms with Crippen molar-refractivity contribution in [1.82, 2.24) is 25.0 Å². The molecular weight excluding hydrogens is 418 g/mol. The van der Waals surface area contributed by atoms with Gasteiger partial charge in [0.25, 0.3) is 0 Å². The van der Waals surface area contributed by atoms with Crippen LogP contribution in [0.15, 0.2) is 24.4 Å². The van der Waals surface area contributed by atoms with E-state index in [4.69, 9.17) is 9.72 Å². The Morgan fingerprint density at radius 2 is 2.06 bits per heavy atom. The summed E-state index contributed by atoms with van der Waals surface area (Å²) in [4.78, 5) is 9.44. The number of benzene rings is 1. The van der Waals surface area contributed by atoms with Crippen molar-refractivity contribution in [3.05, 3.63) is 30.0 Å². The van der Waals surface area contributed by atoms with Gasteiger partial charge >= 0.3 is 0 Å². The first-order valence-corrected chi connectivity index (χ1v) is 11.3. The van der Waals surface area contributed by atoms with Gasteiger partial charge in [0, 0.05) is 25.2 Å². The molecule has 2 aromatic heterocycles. The van der Waals surface area contributed by atoms with Gasteiger partial charge in [-0.1, -0.05) is 30.5 Å². The van der Waals surface area contributed by atoms with Crippen LogP contribution in [0.2, 0.25) is 0 Å². The predicted octanol–water partition coefficient (Wildman–Crippen LogP) is 3.80. The molecule has 0 bridgehead atoms. The molecule has 2 aliphatic rings. The molecule has 1 aliphatic heterocycles. The molecule has 0 saturated heterocycles. The summed E-state index contributed by atoms with van der Waals surface area (Å²) in [6.07, 6.45) is 7.79. The molecule has 1 atom stereocenters. The van der Waals surface area contributed by atoms with E-state index in [1.54, 1.807) is 11.8 Å². The van der Waals surface area contributed by atoms with Crippen LogP contribution < -0.4 is 20.7 Å². The number of hydrogen-bond acceptors (Lipinski definition) is 9. The van der Waals surface area contributed by atoms with Crippen molar-refractivity contribution in [2.24, 2.45) is 7.05 Å². The predicted molar refractivity (Wildman–Crippen MR) is 126 cm³/mol. The number of rotatable bonds is 6. The molecule has 0 radical (unpaired) electrons.